The maximum Gasteiger partial charge on any atom is 0.221 e. The lowest BCUT2D eigenvalue weighted by Crippen LogP contribution is -2.50. The molecule has 1 saturated heterocycles. The van der Waals surface area contributed by atoms with E-state index in [9.17, 15) is 4.79 Å². The van der Waals surface area contributed by atoms with E-state index in [0.29, 0.717) is 13.0 Å². The van der Waals surface area contributed by atoms with Gasteiger partial charge in [-0.1, -0.05) is 26.2 Å². The summed E-state index contributed by atoms with van der Waals surface area (Å²) in [5.41, 5.74) is 5.93. The number of nitrogens with two attached hydrogens (primary N) is 1. The highest BCUT2D eigenvalue weighted by atomic mass is 16.1. The van der Waals surface area contributed by atoms with Gasteiger partial charge in [0.15, 0.2) is 0 Å². The van der Waals surface area contributed by atoms with Crippen molar-refractivity contribution in [2.24, 2.45) is 17.6 Å². The predicted octanol–water partition coefficient (Wildman–Crippen LogP) is 1.74. The molecule has 0 aromatic heterocycles. The summed E-state index contributed by atoms with van der Waals surface area (Å²) in [6.07, 6.45) is 8.46. The van der Waals surface area contributed by atoms with E-state index in [2.05, 4.69) is 17.1 Å². The van der Waals surface area contributed by atoms with Gasteiger partial charge < -0.3 is 11.1 Å². The van der Waals surface area contributed by atoms with Crippen molar-refractivity contribution in [3.63, 3.8) is 0 Å². The van der Waals surface area contributed by atoms with Crippen molar-refractivity contribution in [2.45, 2.75) is 57.9 Å². The Labute approximate surface area is 123 Å². The highest BCUT2D eigenvalue weighted by Gasteiger charge is 2.33. The second kappa shape index (κ2) is 7.99. The van der Waals surface area contributed by atoms with Crippen LogP contribution >= 0.6 is 0 Å². The van der Waals surface area contributed by atoms with Crippen LogP contribution < -0.4 is 11.1 Å². The third kappa shape index (κ3) is 4.19. The van der Waals surface area contributed by atoms with Gasteiger partial charge in [0.1, 0.15) is 0 Å². The van der Waals surface area contributed by atoms with Crippen LogP contribution in [0.15, 0.2) is 0 Å². The first-order valence-corrected chi connectivity index (χ1v) is 8.45. The van der Waals surface area contributed by atoms with E-state index >= 15 is 0 Å². The number of carbonyl (C=O) groups excluding carboxylic acids is 1. The Bertz CT molecular complexity index is 308. The van der Waals surface area contributed by atoms with E-state index in [-0.39, 0.29) is 11.9 Å². The van der Waals surface area contributed by atoms with Crippen molar-refractivity contribution in [2.75, 3.05) is 26.2 Å². The standard InChI is InChI=1S/C16H31N3O/c1-2-8-18-16(20)10-15(11-17)19-9-7-13-5-3-4-6-14(13)12-19/h13-15H,2-12,17H2,1H3,(H,18,20). The average Bonchev–Trinajstić information content (AvgIpc) is 2.50. The molecular weight excluding hydrogens is 250 g/mol. The van der Waals surface area contributed by atoms with Crippen molar-refractivity contribution in [1.82, 2.24) is 10.2 Å². The summed E-state index contributed by atoms with van der Waals surface area (Å²) in [7, 11) is 0. The number of hydrogen-bond donors (Lipinski definition) is 2. The monoisotopic (exact) mass is 281 g/mol. The maximum absolute atomic E-state index is 11.9. The van der Waals surface area contributed by atoms with E-state index in [0.717, 1.165) is 37.9 Å². The summed E-state index contributed by atoms with van der Waals surface area (Å²) >= 11 is 0. The minimum atomic E-state index is 0.160. The SMILES string of the molecule is CCCNC(=O)CC(CN)N1CCC2CCCCC2C1. The van der Waals surface area contributed by atoms with Crippen molar-refractivity contribution < 1.29 is 4.79 Å². The molecule has 0 aromatic rings. The molecule has 2 rings (SSSR count). The molecular formula is C16H31N3O. The first-order valence-electron chi connectivity index (χ1n) is 8.45. The van der Waals surface area contributed by atoms with Gasteiger partial charge >= 0.3 is 0 Å². The third-order valence-corrected chi connectivity index (χ3v) is 5.10. The van der Waals surface area contributed by atoms with Crippen molar-refractivity contribution in [3.8, 4) is 0 Å². The quantitative estimate of drug-likeness (QED) is 0.780. The lowest BCUT2D eigenvalue weighted by Gasteiger charge is -2.44. The zero-order valence-electron chi connectivity index (χ0n) is 12.9. The number of nitrogens with zero attached hydrogens (tertiary/aromatic N) is 1. The van der Waals surface area contributed by atoms with Crippen LogP contribution in [0.3, 0.4) is 0 Å². The number of hydrogen-bond acceptors (Lipinski definition) is 3. The number of rotatable bonds is 6. The summed E-state index contributed by atoms with van der Waals surface area (Å²) < 4.78 is 0. The smallest absolute Gasteiger partial charge is 0.221 e. The van der Waals surface area contributed by atoms with Crippen molar-refractivity contribution in [1.29, 1.82) is 0 Å². The molecule has 20 heavy (non-hydrogen) atoms. The minimum Gasteiger partial charge on any atom is -0.356 e. The van der Waals surface area contributed by atoms with Crippen LogP contribution in [0.5, 0.6) is 0 Å². The summed E-state index contributed by atoms with van der Waals surface area (Å²) in [6, 6.07) is 0.231. The fourth-order valence-electron chi connectivity index (χ4n) is 3.87. The highest BCUT2D eigenvalue weighted by molar-refractivity contribution is 5.76. The Morgan fingerprint density at radius 1 is 1.30 bits per heavy atom. The van der Waals surface area contributed by atoms with Gasteiger partial charge in [-0.05, 0) is 37.6 Å². The van der Waals surface area contributed by atoms with Gasteiger partial charge in [-0.15, -0.1) is 0 Å². The maximum atomic E-state index is 11.9. The van der Waals surface area contributed by atoms with Crippen LogP contribution in [0.4, 0.5) is 0 Å². The molecule has 3 unspecified atom stereocenters. The molecule has 0 aromatic carbocycles. The fourth-order valence-corrected chi connectivity index (χ4v) is 3.87. The Balaban J connectivity index is 1.83. The van der Waals surface area contributed by atoms with Gasteiger partial charge in [-0.2, -0.15) is 0 Å². The van der Waals surface area contributed by atoms with E-state index in [1.807, 2.05) is 0 Å². The summed E-state index contributed by atoms with van der Waals surface area (Å²) in [6.45, 7) is 5.74. The summed E-state index contributed by atoms with van der Waals surface area (Å²) in [4.78, 5) is 14.4. The lowest BCUT2D eigenvalue weighted by atomic mass is 9.75. The number of carbonyl (C=O) groups is 1. The molecule has 2 fully saturated rings. The zero-order valence-corrected chi connectivity index (χ0v) is 12.9. The zero-order chi connectivity index (χ0) is 14.4. The molecule has 1 saturated carbocycles. The minimum absolute atomic E-state index is 0.160. The van der Waals surface area contributed by atoms with E-state index in [4.69, 9.17) is 5.73 Å². The molecule has 1 aliphatic carbocycles. The topological polar surface area (TPSA) is 58.4 Å². The lowest BCUT2D eigenvalue weighted by molar-refractivity contribution is -0.122. The molecule has 2 aliphatic rings. The van der Waals surface area contributed by atoms with E-state index < -0.39 is 0 Å². The first kappa shape index (κ1) is 15.8. The van der Waals surface area contributed by atoms with Gasteiger partial charge in [0.05, 0.1) is 0 Å². The number of nitrogens with one attached hydrogen (secondary N) is 1. The van der Waals surface area contributed by atoms with Crippen LogP contribution in [0, 0.1) is 11.8 Å². The Hall–Kier alpha value is -0.610. The van der Waals surface area contributed by atoms with E-state index in [1.54, 1.807) is 0 Å². The largest absolute Gasteiger partial charge is 0.356 e. The summed E-state index contributed by atoms with van der Waals surface area (Å²) in [5.74, 6) is 1.95. The highest BCUT2D eigenvalue weighted by Crippen LogP contribution is 2.36. The normalized spacial score (nSPS) is 28.7. The number of likely N-dealkylation sites (tertiary alicyclic amines) is 1. The number of piperidine rings is 1. The molecule has 1 aliphatic heterocycles. The number of fused-ring (bicyclic) bond motifs is 1. The first-order chi connectivity index (χ1) is 9.74. The molecule has 1 heterocycles. The van der Waals surface area contributed by atoms with Crippen LogP contribution in [0.2, 0.25) is 0 Å². The van der Waals surface area contributed by atoms with Crippen LogP contribution in [-0.2, 0) is 4.79 Å². The Morgan fingerprint density at radius 3 is 2.75 bits per heavy atom. The van der Waals surface area contributed by atoms with Gasteiger partial charge in [-0.25, -0.2) is 0 Å². The molecule has 1 amide bonds. The fraction of sp³-hybridized carbons (Fsp3) is 0.938. The molecule has 0 bridgehead atoms. The van der Waals surface area contributed by atoms with Crippen LogP contribution in [0.25, 0.3) is 0 Å². The van der Waals surface area contributed by atoms with Gasteiger partial charge in [0.2, 0.25) is 5.91 Å². The molecule has 0 spiro atoms. The second-order valence-electron chi connectivity index (χ2n) is 6.53. The van der Waals surface area contributed by atoms with Crippen molar-refractivity contribution >= 4 is 5.91 Å². The summed E-state index contributed by atoms with van der Waals surface area (Å²) in [5, 5.41) is 2.97. The third-order valence-electron chi connectivity index (χ3n) is 5.10. The predicted molar refractivity (Wildman–Crippen MR) is 82.4 cm³/mol. The van der Waals surface area contributed by atoms with Crippen LogP contribution in [-0.4, -0.2) is 43.0 Å². The Morgan fingerprint density at radius 2 is 2.05 bits per heavy atom. The van der Waals surface area contributed by atoms with Crippen LogP contribution in [0.1, 0.15) is 51.9 Å². The molecule has 3 atom stereocenters. The molecule has 4 nitrogen and oxygen atoms in total. The second-order valence-corrected chi connectivity index (χ2v) is 6.53. The average molecular weight is 281 g/mol. The number of amides is 1. The molecule has 3 N–H and O–H groups in total. The molecule has 4 heteroatoms. The van der Waals surface area contributed by atoms with Crippen molar-refractivity contribution in [3.05, 3.63) is 0 Å². The van der Waals surface area contributed by atoms with Gasteiger partial charge in [-0.3, -0.25) is 9.69 Å². The van der Waals surface area contributed by atoms with Gasteiger partial charge in [0, 0.05) is 32.1 Å². The molecule has 116 valence electrons. The van der Waals surface area contributed by atoms with Gasteiger partial charge in [0.25, 0.3) is 0 Å². The van der Waals surface area contributed by atoms with E-state index in [1.165, 1.54) is 32.1 Å². The Kier molecular flexibility index (Phi) is 6.30. The molecule has 0 radical (unpaired) electrons.